The molecule has 0 bridgehead atoms. The number of rotatable bonds is 8. The molecule has 1 amide bonds. The Morgan fingerprint density at radius 2 is 1.45 bits per heavy atom. The van der Waals surface area contributed by atoms with Crippen molar-refractivity contribution < 1.29 is 14.3 Å². The summed E-state index contributed by atoms with van der Waals surface area (Å²) in [6.45, 7) is -0.595. The van der Waals surface area contributed by atoms with Crippen molar-refractivity contribution in [2.75, 3.05) is 0 Å². The number of para-hydroxylation sites is 1. The summed E-state index contributed by atoms with van der Waals surface area (Å²) < 4.78 is 6.67. The zero-order valence-corrected chi connectivity index (χ0v) is 17.9. The van der Waals surface area contributed by atoms with Crippen LogP contribution in [0.1, 0.15) is 29.3 Å². The molecule has 0 radical (unpaired) electrons. The smallest absolute Gasteiger partial charge is 0.307 e. The van der Waals surface area contributed by atoms with Crippen LogP contribution in [0.15, 0.2) is 89.7 Å². The van der Waals surface area contributed by atoms with Gasteiger partial charge in [-0.2, -0.15) is 0 Å². The topological polar surface area (TPSA) is 104 Å². The summed E-state index contributed by atoms with van der Waals surface area (Å²) in [7, 11) is 0. The number of primary amides is 1. The molecule has 0 fully saturated rings. The number of ether oxygens (including phenoxy) is 1. The maximum absolute atomic E-state index is 12.9. The minimum Gasteiger partial charge on any atom is -0.457 e. The number of fused-ring (bicyclic) bond motifs is 1. The van der Waals surface area contributed by atoms with Crippen molar-refractivity contribution >= 4 is 22.8 Å². The Labute approximate surface area is 190 Å². The molecule has 0 atom stereocenters. The van der Waals surface area contributed by atoms with Gasteiger partial charge >= 0.3 is 5.97 Å². The van der Waals surface area contributed by atoms with E-state index in [0.29, 0.717) is 10.9 Å². The van der Waals surface area contributed by atoms with Crippen LogP contribution in [0.2, 0.25) is 0 Å². The molecule has 2 N–H and O–H groups in total. The Kier molecular flexibility index (Phi) is 6.59. The van der Waals surface area contributed by atoms with E-state index in [1.165, 1.54) is 0 Å². The Morgan fingerprint density at radius 3 is 2.06 bits per heavy atom. The largest absolute Gasteiger partial charge is 0.457 e. The molecule has 4 rings (SSSR count). The number of amides is 1. The van der Waals surface area contributed by atoms with Gasteiger partial charge in [0.25, 0.3) is 5.56 Å². The molecule has 0 saturated carbocycles. The highest BCUT2D eigenvalue weighted by Gasteiger charge is 2.20. The van der Waals surface area contributed by atoms with Crippen LogP contribution in [0, 0.1) is 0 Å². The molecule has 0 unspecified atom stereocenters. The van der Waals surface area contributed by atoms with Gasteiger partial charge in [-0.25, -0.2) is 4.98 Å². The van der Waals surface area contributed by atoms with Gasteiger partial charge in [0.2, 0.25) is 5.91 Å². The van der Waals surface area contributed by atoms with Crippen LogP contribution in [0.4, 0.5) is 0 Å². The van der Waals surface area contributed by atoms with Crippen LogP contribution >= 0.6 is 0 Å². The lowest BCUT2D eigenvalue weighted by molar-refractivity contribution is -0.145. The summed E-state index contributed by atoms with van der Waals surface area (Å²) in [6, 6.07) is 26.2. The van der Waals surface area contributed by atoms with E-state index in [1.807, 2.05) is 60.7 Å². The summed E-state index contributed by atoms with van der Waals surface area (Å²) in [6.07, 6.45) is 0.113. The molecule has 0 spiro atoms. The lowest BCUT2D eigenvalue weighted by atomic mass is 9.89. The molecule has 0 aliphatic carbocycles. The zero-order chi connectivity index (χ0) is 23.2. The number of aromatic nitrogens is 2. The maximum Gasteiger partial charge on any atom is 0.307 e. The molecular formula is C26H23N3O4. The number of benzene rings is 3. The Bertz CT molecular complexity index is 1290. The van der Waals surface area contributed by atoms with Crippen LogP contribution in [-0.2, 0) is 27.5 Å². The van der Waals surface area contributed by atoms with Crippen molar-refractivity contribution in [2.24, 2.45) is 5.73 Å². The zero-order valence-electron chi connectivity index (χ0n) is 17.9. The van der Waals surface area contributed by atoms with Crippen molar-refractivity contribution in [3.63, 3.8) is 0 Å². The summed E-state index contributed by atoms with van der Waals surface area (Å²) in [5.41, 5.74) is 7.37. The lowest BCUT2D eigenvalue weighted by Crippen LogP contribution is -2.32. The van der Waals surface area contributed by atoms with E-state index in [2.05, 4.69) is 4.98 Å². The maximum atomic E-state index is 12.9. The van der Waals surface area contributed by atoms with Crippen molar-refractivity contribution in [2.45, 2.75) is 25.5 Å². The van der Waals surface area contributed by atoms with Crippen LogP contribution in [0.5, 0.6) is 0 Å². The van der Waals surface area contributed by atoms with Crippen molar-refractivity contribution in [3.8, 4) is 0 Å². The summed E-state index contributed by atoms with van der Waals surface area (Å²) in [5, 5.41) is 0.363. The van der Waals surface area contributed by atoms with Gasteiger partial charge in [-0.3, -0.25) is 19.0 Å². The molecule has 0 aliphatic rings. The van der Waals surface area contributed by atoms with Gasteiger partial charge in [-0.05, 0) is 23.3 Å². The fraction of sp³-hybridized carbons (Fsp3) is 0.154. The SMILES string of the molecule is NC(=O)Cn1c(COC(=O)CC(c2ccccc2)c2ccccc2)nc2ccccc2c1=O. The number of carbonyl (C=O) groups excluding carboxylic acids is 2. The first-order valence-corrected chi connectivity index (χ1v) is 10.5. The normalized spacial score (nSPS) is 10.9. The average molecular weight is 441 g/mol. The molecule has 7 heteroatoms. The van der Waals surface area contributed by atoms with Gasteiger partial charge in [0.05, 0.1) is 17.3 Å². The van der Waals surface area contributed by atoms with Crippen LogP contribution in [0.25, 0.3) is 10.9 Å². The second-order valence-corrected chi connectivity index (χ2v) is 7.64. The van der Waals surface area contributed by atoms with Crippen LogP contribution < -0.4 is 11.3 Å². The monoisotopic (exact) mass is 441 g/mol. The van der Waals surface area contributed by atoms with Gasteiger partial charge in [0.15, 0.2) is 5.82 Å². The van der Waals surface area contributed by atoms with Gasteiger partial charge in [0, 0.05) is 5.92 Å². The molecule has 33 heavy (non-hydrogen) atoms. The molecule has 1 heterocycles. The first-order chi connectivity index (χ1) is 16.0. The van der Waals surface area contributed by atoms with E-state index in [9.17, 15) is 14.4 Å². The van der Waals surface area contributed by atoms with Crippen molar-refractivity contribution in [1.29, 1.82) is 0 Å². The summed E-state index contributed by atoms with van der Waals surface area (Å²) in [5.74, 6) is -1.14. The Balaban J connectivity index is 1.58. The Hall–Kier alpha value is -4.26. The van der Waals surface area contributed by atoms with E-state index < -0.39 is 17.4 Å². The molecule has 4 aromatic rings. The first-order valence-electron chi connectivity index (χ1n) is 10.5. The third-order valence-electron chi connectivity index (χ3n) is 5.39. The van der Waals surface area contributed by atoms with Gasteiger partial charge < -0.3 is 10.5 Å². The van der Waals surface area contributed by atoms with Crippen molar-refractivity contribution in [1.82, 2.24) is 9.55 Å². The number of nitrogens with zero attached hydrogens (tertiary/aromatic N) is 2. The van der Waals surface area contributed by atoms with Gasteiger partial charge in [-0.1, -0.05) is 72.8 Å². The van der Waals surface area contributed by atoms with E-state index in [1.54, 1.807) is 24.3 Å². The summed E-state index contributed by atoms with van der Waals surface area (Å²) >= 11 is 0. The quantitative estimate of drug-likeness (QED) is 0.423. The molecular weight excluding hydrogens is 418 g/mol. The van der Waals surface area contributed by atoms with Gasteiger partial charge in [-0.15, -0.1) is 0 Å². The fourth-order valence-electron chi connectivity index (χ4n) is 3.81. The lowest BCUT2D eigenvalue weighted by Gasteiger charge is -2.18. The van der Waals surface area contributed by atoms with Crippen molar-refractivity contribution in [3.05, 3.63) is 112 Å². The third-order valence-corrected chi connectivity index (χ3v) is 5.39. The standard InChI is InChI=1S/C26H23N3O4/c27-23(30)16-29-24(28-22-14-8-7-13-20(22)26(29)32)17-33-25(31)15-21(18-9-3-1-4-10-18)19-11-5-2-6-12-19/h1-14,21H,15-17H2,(H2,27,30). The number of carbonyl (C=O) groups is 2. The van der Waals surface area contributed by atoms with E-state index in [-0.39, 0.29) is 31.3 Å². The second-order valence-electron chi connectivity index (χ2n) is 7.64. The number of hydrogen-bond donors (Lipinski definition) is 1. The van der Waals surface area contributed by atoms with E-state index >= 15 is 0 Å². The average Bonchev–Trinajstić information content (AvgIpc) is 2.84. The predicted octanol–water partition coefficient (Wildman–Crippen LogP) is 3.15. The minimum atomic E-state index is -0.685. The molecule has 166 valence electrons. The molecule has 1 aromatic heterocycles. The first kappa shape index (κ1) is 22.0. The van der Waals surface area contributed by atoms with E-state index in [4.69, 9.17) is 10.5 Å². The predicted molar refractivity (Wildman–Crippen MR) is 124 cm³/mol. The van der Waals surface area contributed by atoms with Crippen LogP contribution in [0.3, 0.4) is 0 Å². The Morgan fingerprint density at radius 1 is 0.879 bits per heavy atom. The van der Waals surface area contributed by atoms with E-state index in [0.717, 1.165) is 15.7 Å². The van der Waals surface area contributed by atoms with Crippen LogP contribution in [-0.4, -0.2) is 21.4 Å². The minimum absolute atomic E-state index is 0.113. The molecule has 7 nitrogen and oxygen atoms in total. The van der Waals surface area contributed by atoms with Gasteiger partial charge in [0.1, 0.15) is 13.2 Å². The molecule has 0 aliphatic heterocycles. The highest BCUT2D eigenvalue weighted by atomic mass is 16.5. The molecule has 0 saturated heterocycles. The molecule has 3 aromatic carbocycles. The number of hydrogen-bond acceptors (Lipinski definition) is 5. The highest BCUT2D eigenvalue weighted by Crippen LogP contribution is 2.28. The highest BCUT2D eigenvalue weighted by molar-refractivity contribution is 5.78. The number of esters is 1. The fourth-order valence-corrected chi connectivity index (χ4v) is 3.81. The summed E-state index contributed by atoms with van der Waals surface area (Å²) in [4.78, 5) is 41.6. The number of nitrogens with two attached hydrogens (primary N) is 1. The second kappa shape index (κ2) is 9.91. The third kappa shape index (κ3) is 5.15.